The molecule has 1 heterocycles. The zero-order chi connectivity index (χ0) is 10.1. The fourth-order valence-corrected chi connectivity index (χ4v) is 2.34. The van der Waals surface area contributed by atoms with Gasteiger partial charge in [0.15, 0.2) is 11.4 Å². The van der Waals surface area contributed by atoms with Crippen molar-refractivity contribution in [1.29, 1.82) is 0 Å². The summed E-state index contributed by atoms with van der Waals surface area (Å²) in [6.07, 6.45) is 5.16. The molecule has 0 radical (unpaired) electrons. The second-order valence-electron chi connectivity index (χ2n) is 3.85. The van der Waals surface area contributed by atoms with Crippen LogP contribution >= 0.6 is 11.3 Å². The highest BCUT2D eigenvalue weighted by atomic mass is 32.1. The van der Waals surface area contributed by atoms with Gasteiger partial charge in [-0.2, -0.15) is 0 Å². The summed E-state index contributed by atoms with van der Waals surface area (Å²) in [6.45, 7) is 2.22. The smallest absolute Gasteiger partial charge is 0.185 e. The van der Waals surface area contributed by atoms with E-state index in [1.807, 2.05) is 0 Å². The SMILES string of the molecule is CC(C1CC1)N(C)c1ncc(C=O)s1. The molecule has 14 heavy (non-hydrogen) atoms. The van der Waals surface area contributed by atoms with Gasteiger partial charge in [0.05, 0.1) is 11.1 Å². The molecule has 1 unspecified atom stereocenters. The summed E-state index contributed by atoms with van der Waals surface area (Å²) in [4.78, 5) is 17.6. The lowest BCUT2D eigenvalue weighted by atomic mass is 10.2. The van der Waals surface area contributed by atoms with Crippen LogP contribution in [0.1, 0.15) is 29.4 Å². The van der Waals surface area contributed by atoms with E-state index in [1.54, 1.807) is 6.20 Å². The molecule has 4 heteroatoms. The molecule has 1 fully saturated rings. The van der Waals surface area contributed by atoms with Crippen LogP contribution in [0.2, 0.25) is 0 Å². The maximum atomic E-state index is 10.5. The molecule has 1 saturated carbocycles. The number of carbonyl (C=O) groups excluding carboxylic acids is 1. The first-order chi connectivity index (χ1) is 6.72. The van der Waals surface area contributed by atoms with Crippen molar-refractivity contribution in [3.63, 3.8) is 0 Å². The van der Waals surface area contributed by atoms with E-state index in [0.29, 0.717) is 10.9 Å². The summed E-state index contributed by atoms with van der Waals surface area (Å²) in [5.41, 5.74) is 0. The zero-order valence-electron chi connectivity index (χ0n) is 8.43. The Labute approximate surface area is 87.8 Å². The van der Waals surface area contributed by atoms with Crippen LogP contribution in [0.4, 0.5) is 5.13 Å². The fraction of sp³-hybridized carbons (Fsp3) is 0.600. The standard InChI is InChI=1S/C10H14N2OS/c1-7(8-3-4-8)12(2)10-11-5-9(6-13)14-10/h5-8H,3-4H2,1-2H3. The molecule has 0 bridgehead atoms. The molecule has 1 aromatic rings. The average molecular weight is 210 g/mol. The number of aromatic nitrogens is 1. The van der Waals surface area contributed by atoms with Crippen LogP contribution in [0.3, 0.4) is 0 Å². The Morgan fingerprint density at radius 1 is 1.71 bits per heavy atom. The van der Waals surface area contributed by atoms with Crippen LogP contribution in [0.5, 0.6) is 0 Å². The first-order valence-electron chi connectivity index (χ1n) is 4.86. The Balaban J connectivity index is 2.08. The maximum Gasteiger partial charge on any atom is 0.185 e. The van der Waals surface area contributed by atoms with Gasteiger partial charge in [0.25, 0.3) is 0 Å². The second kappa shape index (κ2) is 3.69. The molecule has 0 saturated heterocycles. The van der Waals surface area contributed by atoms with E-state index in [1.165, 1.54) is 24.2 Å². The summed E-state index contributed by atoms with van der Waals surface area (Å²) in [5.74, 6) is 0.823. The van der Waals surface area contributed by atoms with E-state index in [0.717, 1.165) is 17.3 Å². The Bertz CT molecular complexity index is 333. The molecule has 0 amide bonds. The Morgan fingerprint density at radius 3 is 2.93 bits per heavy atom. The lowest BCUT2D eigenvalue weighted by Crippen LogP contribution is -2.30. The van der Waals surface area contributed by atoms with E-state index >= 15 is 0 Å². The van der Waals surface area contributed by atoms with Crippen LogP contribution in [0.25, 0.3) is 0 Å². The van der Waals surface area contributed by atoms with E-state index in [2.05, 4.69) is 23.9 Å². The highest BCUT2D eigenvalue weighted by Crippen LogP contribution is 2.36. The van der Waals surface area contributed by atoms with Gasteiger partial charge < -0.3 is 4.90 Å². The molecule has 0 spiro atoms. The molecule has 2 rings (SSSR count). The minimum Gasteiger partial charge on any atom is -0.348 e. The van der Waals surface area contributed by atoms with Crippen LogP contribution in [-0.4, -0.2) is 24.4 Å². The Morgan fingerprint density at radius 2 is 2.43 bits per heavy atom. The number of thiazole rings is 1. The predicted octanol–water partition coefficient (Wildman–Crippen LogP) is 2.19. The number of hydrogen-bond donors (Lipinski definition) is 0. The van der Waals surface area contributed by atoms with Gasteiger partial charge in [-0.25, -0.2) is 4.98 Å². The number of rotatable bonds is 4. The lowest BCUT2D eigenvalue weighted by Gasteiger charge is -2.23. The Hall–Kier alpha value is -0.900. The maximum absolute atomic E-state index is 10.5. The minimum atomic E-state index is 0.542. The Kier molecular flexibility index (Phi) is 2.54. The predicted molar refractivity (Wildman–Crippen MR) is 58.1 cm³/mol. The van der Waals surface area contributed by atoms with Crippen molar-refractivity contribution in [1.82, 2.24) is 4.98 Å². The second-order valence-corrected chi connectivity index (χ2v) is 4.89. The van der Waals surface area contributed by atoms with Gasteiger partial charge in [-0.15, -0.1) is 0 Å². The van der Waals surface area contributed by atoms with Crippen molar-refractivity contribution in [3.05, 3.63) is 11.1 Å². The largest absolute Gasteiger partial charge is 0.348 e. The minimum absolute atomic E-state index is 0.542. The van der Waals surface area contributed by atoms with Gasteiger partial charge in [-0.05, 0) is 25.7 Å². The third kappa shape index (κ3) is 1.80. The van der Waals surface area contributed by atoms with Gasteiger partial charge >= 0.3 is 0 Å². The van der Waals surface area contributed by atoms with Crippen molar-refractivity contribution in [3.8, 4) is 0 Å². The topological polar surface area (TPSA) is 33.2 Å². The summed E-state index contributed by atoms with van der Waals surface area (Å²) >= 11 is 1.46. The van der Waals surface area contributed by atoms with Crippen molar-refractivity contribution in [2.45, 2.75) is 25.8 Å². The molecule has 0 aliphatic heterocycles. The normalized spacial score (nSPS) is 17.9. The number of anilines is 1. The number of aldehydes is 1. The fourth-order valence-electron chi connectivity index (χ4n) is 1.56. The molecule has 1 aliphatic carbocycles. The first-order valence-corrected chi connectivity index (χ1v) is 5.68. The van der Waals surface area contributed by atoms with Crippen LogP contribution in [0.15, 0.2) is 6.20 Å². The number of hydrogen-bond acceptors (Lipinski definition) is 4. The summed E-state index contributed by atoms with van der Waals surface area (Å²) in [5, 5.41) is 0.950. The van der Waals surface area contributed by atoms with Crippen LogP contribution in [-0.2, 0) is 0 Å². The number of nitrogens with zero attached hydrogens (tertiary/aromatic N) is 2. The third-order valence-corrected chi connectivity index (χ3v) is 3.86. The van der Waals surface area contributed by atoms with Crippen molar-refractivity contribution in [2.24, 2.45) is 5.92 Å². The third-order valence-electron chi connectivity index (χ3n) is 2.84. The van der Waals surface area contributed by atoms with Crippen LogP contribution in [0, 0.1) is 5.92 Å². The van der Waals surface area contributed by atoms with Gasteiger partial charge in [-0.1, -0.05) is 11.3 Å². The molecule has 0 N–H and O–H groups in total. The van der Waals surface area contributed by atoms with Crippen molar-refractivity contribution >= 4 is 22.8 Å². The number of carbonyl (C=O) groups is 1. The molecule has 0 aromatic carbocycles. The molecular weight excluding hydrogens is 196 g/mol. The summed E-state index contributed by atoms with van der Waals surface area (Å²) in [7, 11) is 2.05. The van der Waals surface area contributed by atoms with Crippen LogP contribution < -0.4 is 4.90 Å². The van der Waals surface area contributed by atoms with Gasteiger partial charge in [0.2, 0.25) is 0 Å². The van der Waals surface area contributed by atoms with E-state index in [-0.39, 0.29) is 0 Å². The van der Waals surface area contributed by atoms with E-state index < -0.39 is 0 Å². The summed E-state index contributed by atoms with van der Waals surface area (Å²) < 4.78 is 0. The molecule has 76 valence electrons. The average Bonchev–Trinajstić information content (AvgIpc) is 2.94. The summed E-state index contributed by atoms with van der Waals surface area (Å²) in [6, 6.07) is 0.542. The quantitative estimate of drug-likeness (QED) is 0.714. The molecular formula is C10H14N2OS. The van der Waals surface area contributed by atoms with Gasteiger partial charge in [-0.3, -0.25) is 4.79 Å². The monoisotopic (exact) mass is 210 g/mol. The van der Waals surface area contributed by atoms with Gasteiger partial charge in [0.1, 0.15) is 0 Å². The highest BCUT2D eigenvalue weighted by molar-refractivity contribution is 7.17. The molecule has 1 atom stereocenters. The van der Waals surface area contributed by atoms with E-state index in [9.17, 15) is 4.79 Å². The molecule has 3 nitrogen and oxygen atoms in total. The molecule has 1 aromatic heterocycles. The first kappa shape index (κ1) is 9.65. The zero-order valence-corrected chi connectivity index (χ0v) is 9.25. The highest BCUT2D eigenvalue weighted by Gasteiger charge is 2.31. The molecule has 1 aliphatic rings. The van der Waals surface area contributed by atoms with Crippen molar-refractivity contribution < 1.29 is 4.79 Å². The van der Waals surface area contributed by atoms with Crippen molar-refractivity contribution in [2.75, 3.05) is 11.9 Å². The lowest BCUT2D eigenvalue weighted by molar-refractivity contribution is 0.112. The van der Waals surface area contributed by atoms with E-state index in [4.69, 9.17) is 0 Å². The van der Waals surface area contributed by atoms with Gasteiger partial charge in [0, 0.05) is 13.1 Å².